The van der Waals surface area contributed by atoms with Crippen molar-refractivity contribution in [3.05, 3.63) is 106 Å². The Morgan fingerprint density at radius 2 is 1.62 bits per heavy atom. The molecule has 0 aliphatic carbocycles. The third-order valence-corrected chi connectivity index (χ3v) is 6.25. The van der Waals surface area contributed by atoms with Crippen molar-refractivity contribution in [3.63, 3.8) is 0 Å². The highest BCUT2D eigenvalue weighted by Crippen LogP contribution is 2.36. The molecule has 5 nitrogen and oxygen atoms in total. The summed E-state index contributed by atoms with van der Waals surface area (Å²) in [4.78, 5) is 16.3. The second-order valence-electron chi connectivity index (χ2n) is 7.87. The highest BCUT2D eigenvalue weighted by Gasteiger charge is 2.33. The van der Waals surface area contributed by atoms with Crippen LogP contribution in [0.5, 0.6) is 0 Å². The number of carbonyl (C=O) groups excluding carboxylic acids is 1. The third kappa shape index (κ3) is 4.27. The first-order chi connectivity index (χ1) is 15.6. The standard InChI is InChI=1S/C25H20Cl2N4O/c26-18-9-5-15(6-10-18)21-14-22(31-30-21)24(16-7-11-19(27)12-8-16)29-25(32)23-13-17-3-1-2-4-20(17)28-23/h1-13,21-22,24,28H,14H2,(H,29,32). The van der Waals surface area contributed by atoms with E-state index in [1.54, 1.807) is 0 Å². The number of azo groups is 1. The Balaban J connectivity index is 1.41. The molecule has 3 aromatic carbocycles. The average molecular weight is 463 g/mol. The van der Waals surface area contributed by atoms with E-state index in [-0.39, 0.29) is 24.0 Å². The summed E-state index contributed by atoms with van der Waals surface area (Å²) in [7, 11) is 0. The maximum atomic E-state index is 13.2. The molecule has 7 heteroatoms. The summed E-state index contributed by atoms with van der Waals surface area (Å²) in [6, 6.07) is 24.2. The van der Waals surface area contributed by atoms with Crippen LogP contribution in [0.15, 0.2) is 89.1 Å². The number of carbonyl (C=O) groups is 1. The number of hydrogen-bond acceptors (Lipinski definition) is 3. The van der Waals surface area contributed by atoms with Crippen LogP contribution in [-0.4, -0.2) is 16.9 Å². The van der Waals surface area contributed by atoms with Crippen LogP contribution < -0.4 is 5.32 Å². The minimum absolute atomic E-state index is 0.0722. The molecule has 32 heavy (non-hydrogen) atoms. The Kier molecular flexibility index (Phi) is 5.68. The second-order valence-corrected chi connectivity index (χ2v) is 8.75. The first-order valence-electron chi connectivity index (χ1n) is 10.4. The Labute approximate surface area is 195 Å². The highest BCUT2D eigenvalue weighted by atomic mass is 35.5. The number of fused-ring (bicyclic) bond motifs is 1. The number of aromatic nitrogens is 1. The molecule has 1 aromatic heterocycles. The van der Waals surface area contributed by atoms with Crippen molar-refractivity contribution >= 4 is 40.0 Å². The van der Waals surface area contributed by atoms with Gasteiger partial charge in [-0.05, 0) is 47.5 Å². The molecule has 0 saturated carbocycles. The van der Waals surface area contributed by atoms with E-state index < -0.39 is 0 Å². The van der Waals surface area contributed by atoms with Gasteiger partial charge in [0.2, 0.25) is 0 Å². The fourth-order valence-electron chi connectivity index (χ4n) is 4.07. The molecular weight excluding hydrogens is 443 g/mol. The molecule has 2 N–H and O–H groups in total. The van der Waals surface area contributed by atoms with E-state index in [2.05, 4.69) is 20.5 Å². The minimum atomic E-state index is -0.341. The first kappa shape index (κ1) is 20.7. The zero-order chi connectivity index (χ0) is 22.1. The Bertz CT molecular complexity index is 1250. The van der Waals surface area contributed by atoms with Crippen LogP contribution in [0.25, 0.3) is 10.9 Å². The smallest absolute Gasteiger partial charge is 0.268 e. The molecule has 2 heterocycles. The normalized spacial score (nSPS) is 18.7. The van der Waals surface area contributed by atoms with Gasteiger partial charge in [-0.1, -0.05) is 65.7 Å². The summed E-state index contributed by atoms with van der Waals surface area (Å²) < 4.78 is 0. The maximum Gasteiger partial charge on any atom is 0.268 e. The highest BCUT2D eigenvalue weighted by molar-refractivity contribution is 6.30. The lowest BCUT2D eigenvalue weighted by molar-refractivity contribution is 0.0926. The lowest BCUT2D eigenvalue weighted by atomic mass is 9.93. The topological polar surface area (TPSA) is 69.6 Å². The molecule has 160 valence electrons. The summed E-state index contributed by atoms with van der Waals surface area (Å²) in [5.74, 6) is -0.189. The van der Waals surface area contributed by atoms with E-state index in [1.807, 2.05) is 78.9 Å². The van der Waals surface area contributed by atoms with Gasteiger partial charge in [0.1, 0.15) is 5.69 Å². The lowest BCUT2D eigenvalue weighted by Gasteiger charge is -2.23. The molecule has 1 aliphatic heterocycles. The van der Waals surface area contributed by atoms with Gasteiger partial charge in [-0.25, -0.2) is 0 Å². The number of amides is 1. The monoisotopic (exact) mass is 462 g/mol. The molecule has 0 radical (unpaired) electrons. The number of nitrogens with one attached hydrogen (secondary N) is 2. The summed E-state index contributed by atoms with van der Waals surface area (Å²) in [6.07, 6.45) is 0.682. The van der Waals surface area contributed by atoms with E-state index in [9.17, 15) is 4.79 Å². The van der Waals surface area contributed by atoms with Crippen LogP contribution in [0.1, 0.15) is 40.1 Å². The quantitative estimate of drug-likeness (QED) is 0.332. The van der Waals surface area contributed by atoms with Gasteiger partial charge in [-0.2, -0.15) is 10.2 Å². The molecule has 5 rings (SSSR count). The molecule has 1 aliphatic rings. The van der Waals surface area contributed by atoms with E-state index in [4.69, 9.17) is 23.2 Å². The minimum Gasteiger partial charge on any atom is -0.351 e. The van der Waals surface area contributed by atoms with E-state index in [1.165, 1.54) is 0 Å². The molecule has 3 unspecified atom stereocenters. The summed E-state index contributed by atoms with van der Waals surface area (Å²) in [5, 5.41) is 14.5. The van der Waals surface area contributed by atoms with Crippen LogP contribution in [-0.2, 0) is 0 Å². The Morgan fingerprint density at radius 1 is 0.938 bits per heavy atom. The number of rotatable bonds is 5. The Morgan fingerprint density at radius 3 is 2.34 bits per heavy atom. The van der Waals surface area contributed by atoms with Gasteiger partial charge in [0, 0.05) is 27.4 Å². The number of aromatic amines is 1. The molecular formula is C25H20Cl2N4O. The van der Waals surface area contributed by atoms with E-state index in [0.717, 1.165) is 22.0 Å². The fourth-order valence-corrected chi connectivity index (χ4v) is 4.32. The van der Waals surface area contributed by atoms with Gasteiger partial charge in [0.05, 0.1) is 18.1 Å². The lowest BCUT2D eigenvalue weighted by Crippen LogP contribution is -2.35. The van der Waals surface area contributed by atoms with E-state index >= 15 is 0 Å². The van der Waals surface area contributed by atoms with Gasteiger partial charge in [-0.15, -0.1) is 0 Å². The van der Waals surface area contributed by atoms with Crippen LogP contribution in [0, 0.1) is 0 Å². The number of para-hydroxylation sites is 1. The van der Waals surface area contributed by atoms with Crippen LogP contribution >= 0.6 is 23.2 Å². The van der Waals surface area contributed by atoms with Crippen molar-refractivity contribution in [2.75, 3.05) is 0 Å². The molecule has 0 bridgehead atoms. The molecule has 0 fully saturated rings. The zero-order valence-corrected chi connectivity index (χ0v) is 18.5. The molecule has 0 spiro atoms. The van der Waals surface area contributed by atoms with Gasteiger partial charge in [0.15, 0.2) is 0 Å². The third-order valence-electron chi connectivity index (χ3n) is 5.75. The van der Waals surface area contributed by atoms with Gasteiger partial charge in [-0.3, -0.25) is 4.79 Å². The second kappa shape index (κ2) is 8.77. The fraction of sp³-hybridized carbons (Fsp3) is 0.160. The van der Waals surface area contributed by atoms with Crippen molar-refractivity contribution in [3.8, 4) is 0 Å². The Hall–Kier alpha value is -3.15. The van der Waals surface area contributed by atoms with Crippen LogP contribution in [0.4, 0.5) is 0 Å². The number of halogens is 2. The van der Waals surface area contributed by atoms with Crippen molar-refractivity contribution in [1.82, 2.24) is 10.3 Å². The number of H-pyrrole nitrogens is 1. The number of nitrogens with zero attached hydrogens (tertiary/aromatic N) is 2. The van der Waals surface area contributed by atoms with Crippen LogP contribution in [0.3, 0.4) is 0 Å². The average Bonchev–Trinajstić information content (AvgIpc) is 3.46. The molecule has 1 amide bonds. The first-order valence-corrected chi connectivity index (χ1v) is 11.1. The van der Waals surface area contributed by atoms with Gasteiger partial charge < -0.3 is 10.3 Å². The molecule has 0 saturated heterocycles. The number of benzene rings is 3. The predicted molar refractivity (Wildman–Crippen MR) is 127 cm³/mol. The van der Waals surface area contributed by atoms with Crippen molar-refractivity contribution in [1.29, 1.82) is 0 Å². The van der Waals surface area contributed by atoms with Gasteiger partial charge in [0.25, 0.3) is 5.91 Å². The summed E-state index contributed by atoms with van der Waals surface area (Å²) in [5.41, 5.74) is 3.41. The number of hydrogen-bond donors (Lipinski definition) is 2. The van der Waals surface area contributed by atoms with Crippen LogP contribution in [0.2, 0.25) is 10.0 Å². The predicted octanol–water partition coefficient (Wildman–Crippen LogP) is 6.91. The molecule has 4 aromatic rings. The van der Waals surface area contributed by atoms with Gasteiger partial charge >= 0.3 is 0 Å². The zero-order valence-electron chi connectivity index (χ0n) is 17.0. The largest absolute Gasteiger partial charge is 0.351 e. The van der Waals surface area contributed by atoms with E-state index in [0.29, 0.717) is 22.2 Å². The SMILES string of the molecule is O=C(NC(c1ccc(Cl)cc1)C1CC(c2ccc(Cl)cc2)N=N1)c1cc2ccccc2[nH]1. The van der Waals surface area contributed by atoms with Crippen molar-refractivity contribution in [2.24, 2.45) is 10.2 Å². The summed E-state index contributed by atoms with van der Waals surface area (Å²) >= 11 is 12.1. The van der Waals surface area contributed by atoms with Crippen molar-refractivity contribution < 1.29 is 4.79 Å². The maximum absolute atomic E-state index is 13.2. The molecule has 3 atom stereocenters. The van der Waals surface area contributed by atoms with Crippen molar-refractivity contribution in [2.45, 2.75) is 24.5 Å². The summed E-state index contributed by atoms with van der Waals surface area (Å²) in [6.45, 7) is 0.